The Morgan fingerprint density at radius 1 is 1.44 bits per heavy atom. The fraction of sp³-hybridized carbons (Fsp3) is 0.769. The highest BCUT2D eigenvalue weighted by molar-refractivity contribution is 5.85. The summed E-state index contributed by atoms with van der Waals surface area (Å²) in [4.78, 5) is 2.58. The maximum Gasteiger partial charge on any atom is 0.0638 e. The van der Waals surface area contributed by atoms with E-state index in [0.29, 0.717) is 6.04 Å². The topological polar surface area (TPSA) is 47.1 Å². The molecule has 0 saturated carbocycles. The van der Waals surface area contributed by atoms with E-state index in [-0.39, 0.29) is 12.4 Å². The third-order valence-electron chi connectivity index (χ3n) is 3.74. The second-order valence-corrected chi connectivity index (χ2v) is 5.11. The second-order valence-electron chi connectivity index (χ2n) is 5.11. The van der Waals surface area contributed by atoms with Gasteiger partial charge in [0.1, 0.15) is 0 Å². The van der Waals surface area contributed by atoms with Crippen molar-refractivity contribution in [1.29, 1.82) is 0 Å². The second kappa shape index (κ2) is 7.12. The molecule has 0 bridgehead atoms. The molecule has 2 N–H and O–H groups in total. The Hall–Kier alpha value is -0.580. The van der Waals surface area contributed by atoms with Crippen molar-refractivity contribution >= 4 is 12.4 Å². The summed E-state index contributed by atoms with van der Waals surface area (Å²) < 4.78 is 1.91. The Balaban J connectivity index is 0.00000162. The number of aryl methyl sites for hydroxylation is 2. The first-order valence-corrected chi connectivity index (χ1v) is 6.64. The maximum absolute atomic E-state index is 5.71. The summed E-state index contributed by atoms with van der Waals surface area (Å²) >= 11 is 0. The van der Waals surface area contributed by atoms with Crippen LogP contribution < -0.4 is 5.73 Å². The van der Waals surface area contributed by atoms with Crippen LogP contribution in [-0.2, 0) is 13.6 Å². The summed E-state index contributed by atoms with van der Waals surface area (Å²) in [5.41, 5.74) is 8.22. The monoisotopic (exact) mass is 272 g/mol. The van der Waals surface area contributed by atoms with Crippen molar-refractivity contribution in [1.82, 2.24) is 14.7 Å². The molecule has 1 atom stereocenters. The molecule has 5 heteroatoms. The van der Waals surface area contributed by atoms with Gasteiger partial charge in [0.15, 0.2) is 0 Å². The molecule has 2 rings (SSSR count). The van der Waals surface area contributed by atoms with Gasteiger partial charge in [0.25, 0.3) is 0 Å². The average molecular weight is 273 g/mol. The van der Waals surface area contributed by atoms with Crippen molar-refractivity contribution in [2.75, 3.05) is 13.1 Å². The van der Waals surface area contributed by atoms with Crippen LogP contribution in [0.3, 0.4) is 0 Å². The van der Waals surface area contributed by atoms with Crippen molar-refractivity contribution in [2.24, 2.45) is 12.8 Å². The van der Waals surface area contributed by atoms with Crippen LogP contribution >= 0.6 is 12.4 Å². The van der Waals surface area contributed by atoms with E-state index in [0.717, 1.165) is 25.2 Å². The Morgan fingerprint density at radius 2 is 2.22 bits per heavy atom. The molecule has 0 aromatic carbocycles. The van der Waals surface area contributed by atoms with E-state index in [1.807, 2.05) is 11.7 Å². The van der Waals surface area contributed by atoms with Gasteiger partial charge in [0, 0.05) is 31.4 Å². The Labute approximate surface area is 116 Å². The van der Waals surface area contributed by atoms with E-state index < -0.39 is 0 Å². The third-order valence-corrected chi connectivity index (χ3v) is 3.74. The lowest BCUT2D eigenvalue weighted by Crippen LogP contribution is -2.40. The fourth-order valence-electron chi connectivity index (χ4n) is 2.81. The van der Waals surface area contributed by atoms with E-state index >= 15 is 0 Å². The zero-order chi connectivity index (χ0) is 12.3. The molecule has 0 amide bonds. The zero-order valence-electron chi connectivity index (χ0n) is 11.4. The molecule has 2 heterocycles. The third kappa shape index (κ3) is 3.70. The van der Waals surface area contributed by atoms with E-state index in [9.17, 15) is 0 Å². The van der Waals surface area contributed by atoms with E-state index in [1.54, 1.807) is 0 Å². The minimum Gasteiger partial charge on any atom is -0.330 e. The minimum absolute atomic E-state index is 0. The number of hydrogen-bond acceptors (Lipinski definition) is 3. The molecular formula is C13H25ClN4. The van der Waals surface area contributed by atoms with Crippen molar-refractivity contribution < 1.29 is 0 Å². The molecular weight excluding hydrogens is 248 g/mol. The van der Waals surface area contributed by atoms with Crippen LogP contribution in [0.5, 0.6) is 0 Å². The van der Waals surface area contributed by atoms with Crippen molar-refractivity contribution in [3.05, 3.63) is 17.5 Å². The van der Waals surface area contributed by atoms with Gasteiger partial charge in [-0.25, -0.2) is 0 Å². The van der Waals surface area contributed by atoms with Gasteiger partial charge in [0.05, 0.1) is 5.69 Å². The molecule has 1 aliphatic heterocycles. The van der Waals surface area contributed by atoms with Crippen LogP contribution in [0.25, 0.3) is 0 Å². The van der Waals surface area contributed by atoms with Crippen LogP contribution in [0.2, 0.25) is 0 Å². The van der Waals surface area contributed by atoms with Gasteiger partial charge in [-0.3, -0.25) is 9.58 Å². The largest absolute Gasteiger partial charge is 0.330 e. The average Bonchev–Trinajstić information content (AvgIpc) is 2.61. The number of likely N-dealkylation sites (tertiary alicyclic amines) is 1. The number of halogens is 1. The minimum atomic E-state index is 0. The van der Waals surface area contributed by atoms with Gasteiger partial charge in [-0.2, -0.15) is 5.10 Å². The van der Waals surface area contributed by atoms with Crippen LogP contribution in [0.1, 0.15) is 36.9 Å². The molecule has 18 heavy (non-hydrogen) atoms. The summed E-state index contributed by atoms with van der Waals surface area (Å²) in [5.74, 6) is 0. The lowest BCUT2D eigenvalue weighted by molar-refractivity contribution is 0.134. The van der Waals surface area contributed by atoms with Crippen LogP contribution in [0, 0.1) is 6.92 Å². The van der Waals surface area contributed by atoms with Gasteiger partial charge >= 0.3 is 0 Å². The van der Waals surface area contributed by atoms with Crippen LogP contribution in [-0.4, -0.2) is 33.8 Å². The number of aromatic nitrogens is 2. The summed E-state index contributed by atoms with van der Waals surface area (Å²) in [6, 6.07) is 0.674. The van der Waals surface area contributed by atoms with E-state index in [4.69, 9.17) is 5.73 Å². The van der Waals surface area contributed by atoms with Gasteiger partial charge < -0.3 is 5.73 Å². The number of nitrogens with two attached hydrogens (primary N) is 1. The number of rotatable bonds is 4. The molecule has 1 unspecified atom stereocenters. The highest BCUT2D eigenvalue weighted by atomic mass is 35.5. The van der Waals surface area contributed by atoms with Gasteiger partial charge in [-0.05, 0) is 39.3 Å². The summed E-state index contributed by atoms with van der Waals surface area (Å²) in [6.45, 7) is 5.13. The molecule has 0 radical (unpaired) electrons. The van der Waals surface area contributed by atoms with Crippen molar-refractivity contribution in [2.45, 2.75) is 45.2 Å². The first-order chi connectivity index (χ1) is 8.20. The van der Waals surface area contributed by atoms with Crippen molar-refractivity contribution in [3.63, 3.8) is 0 Å². The quantitative estimate of drug-likeness (QED) is 0.910. The smallest absolute Gasteiger partial charge is 0.0638 e. The Kier molecular flexibility index (Phi) is 6.12. The number of piperidine rings is 1. The molecule has 4 nitrogen and oxygen atoms in total. The molecule has 1 aromatic rings. The zero-order valence-corrected chi connectivity index (χ0v) is 12.2. The fourth-order valence-corrected chi connectivity index (χ4v) is 2.81. The Morgan fingerprint density at radius 3 is 2.83 bits per heavy atom. The van der Waals surface area contributed by atoms with Crippen LogP contribution in [0.15, 0.2) is 6.20 Å². The number of nitrogens with zero attached hydrogens (tertiary/aromatic N) is 3. The van der Waals surface area contributed by atoms with Gasteiger partial charge in [0.2, 0.25) is 0 Å². The highest BCUT2D eigenvalue weighted by Gasteiger charge is 2.22. The maximum atomic E-state index is 5.71. The predicted octanol–water partition coefficient (Wildman–Crippen LogP) is 1.85. The van der Waals surface area contributed by atoms with Crippen molar-refractivity contribution in [3.8, 4) is 0 Å². The SMILES string of the molecule is Cc1nn(C)cc1CN1CCCCC1CCN.Cl. The standard InChI is InChI=1S/C13H24N4.ClH/c1-11-12(9-16(2)15-11)10-17-8-4-3-5-13(17)6-7-14;/h9,13H,3-8,10,14H2,1-2H3;1H. The highest BCUT2D eigenvalue weighted by Crippen LogP contribution is 2.22. The molecule has 0 aliphatic carbocycles. The molecule has 1 aliphatic rings. The number of hydrogen-bond donors (Lipinski definition) is 1. The summed E-state index contributed by atoms with van der Waals surface area (Å²) in [5, 5.41) is 4.41. The summed E-state index contributed by atoms with van der Waals surface area (Å²) in [6.07, 6.45) is 7.24. The lowest BCUT2D eigenvalue weighted by Gasteiger charge is -2.35. The molecule has 1 aromatic heterocycles. The first-order valence-electron chi connectivity index (χ1n) is 6.64. The molecule has 1 fully saturated rings. The molecule has 0 spiro atoms. The molecule has 1 saturated heterocycles. The van der Waals surface area contributed by atoms with Gasteiger partial charge in [-0.1, -0.05) is 6.42 Å². The normalized spacial score (nSPS) is 20.7. The predicted molar refractivity (Wildman–Crippen MR) is 76.9 cm³/mol. The van der Waals surface area contributed by atoms with Gasteiger partial charge in [-0.15, -0.1) is 12.4 Å². The van der Waals surface area contributed by atoms with Crippen LogP contribution in [0.4, 0.5) is 0 Å². The van der Waals surface area contributed by atoms with E-state index in [2.05, 4.69) is 23.1 Å². The first kappa shape index (κ1) is 15.5. The Bertz CT molecular complexity index is 362. The summed E-state index contributed by atoms with van der Waals surface area (Å²) in [7, 11) is 1.99. The molecule has 104 valence electrons. The lowest BCUT2D eigenvalue weighted by atomic mass is 9.98. The van der Waals surface area contributed by atoms with E-state index in [1.165, 1.54) is 31.4 Å².